The third-order valence-corrected chi connectivity index (χ3v) is 6.05. The van der Waals surface area contributed by atoms with Gasteiger partial charge in [-0.1, -0.05) is 42.5 Å². The van der Waals surface area contributed by atoms with Crippen LogP contribution in [-0.4, -0.2) is 24.2 Å². The number of nitrogens with zero attached hydrogens (tertiary/aromatic N) is 1. The van der Waals surface area contributed by atoms with E-state index in [1.807, 2.05) is 25.1 Å². The molecule has 3 nitrogen and oxygen atoms in total. The number of rotatable bonds is 7. The van der Waals surface area contributed by atoms with E-state index >= 15 is 0 Å². The fourth-order valence-electron chi connectivity index (χ4n) is 3.18. The first kappa shape index (κ1) is 18.8. The quantitative estimate of drug-likeness (QED) is 0.774. The molecule has 3 rings (SSSR count). The van der Waals surface area contributed by atoms with E-state index in [0.717, 1.165) is 24.4 Å². The van der Waals surface area contributed by atoms with E-state index in [9.17, 15) is 4.79 Å². The summed E-state index contributed by atoms with van der Waals surface area (Å²) in [4.78, 5) is 14.8. The highest BCUT2D eigenvalue weighted by Crippen LogP contribution is 2.21. The van der Waals surface area contributed by atoms with Crippen LogP contribution in [0.25, 0.3) is 0 Å². The molecule has 0 aromatic heterocycles. The fraction of sp³-hybridized carbons (Fsp3) is 0.409. The SMILES string of the molecule is CC(SCc1ccccc1)C(=O)NCc1ccc(N2CCCCC2)cc1. The van der Waals surface area contributed by atoms with Crippen molar-refractivity contribution in [2.75, 3.05) is 18.0 Å². The molecule has 1 unspecified atom stereocenters. The number of piperidine rings is 1. The third kappa shape index (κ3) is 5.53. The average Bonchev–Trinajstić information content (AvgIpc) is 2.72. The van der Waals surface area contributed by atoms with Gasteiger partial charge >= 0.3 is 0 Å². The first-order valence-electron chi connectivity index (χ1n) is 9.49. The highest BCUT2D eigenvalue weighted by molar-refractivity contribution is 7.99. The lowest BCUT2D eigenvalue weighted by atomic mass is 10.1. The Kier molecular flexibility index (Phi) is 7.01. The van der Waals surface area contributed by atoms with E-state index in [-0.39, 0.29) is 11.2 Å². The number of benzene rings is 2. The molecule has 1 heterocycles. The number of carbonyl (C=O) groups is 1. The Hall–Kier alpha value is -1.94. The van der Waals surface area contributed by atoms with Crippen LogP contribution >= 0.6 is 11.8 Å². The summed E-state index contributed by atoms with van der Waals surface area (Å²) >= 11 is 1.68. The van der Waals surface area contributed by atoms with E-state index in [2.05, 4.69) is 46.6 Å². The van der Waals surface area contributed by atoms with Gasteiger partial charge in [-0.25, -0.2) is 0 Å². The van der Waals surface area contributed by atoms with Crippen molar-refractivity contribution in [2.45, 2.75) is 43.7 Å². The van der Waals surface area contributed by atoms with Crippen LogP contribution in [0.3, 0.4) is 0 Å². The lowest BCUT2D eigenvalue weighted by molar-refractivity contribution is -0.120. The summed E-state index contributed by atoms with van der Waals surface area (Å²) in [6, 6.07) is 18.9. The van der Waals surface area contributed by atoms with Crippen LogP contribution in [0.2, 0.25) is 0 Å². The van der Waals surface area contributed by atoms with E-state index in [4.69, 9.17) is 0 Å². The maximum atomic E-state index is 12.3. The summed E-state index contributed by atoms with van der Waals surface area (Å²) in [6.45, 7) is 4.89. The normalized spacial score (nSPS) is 15.5. The Labute approximate surface area is 161 Å². The Bertz CT molecular complexity index is 681. The highest BCUT2D eigenvalue weighted by atomic mass is 32.2. The largest absolute Gasteiger partial charge is 0.372 e. The van der Waals surface area contributed by atoms with Gasteiger partial charge in [-0.2, -0.15) is 0 Å². The molecule has 2 aromatic carbocycles. The molecule has 0 spiro atoms. The van der Waals surface area contributed by atoms with Gasteiger partial charge in [0.1, 0.15) is 0 Å². The molecule has 0 radical (unpaired) electrons. The highest BCUT2D eigenvalue weighted by Gasteiger charge is 2.14. The molecule has 0 saturated carbocycles. The van der Waals surface area contributed by atoms with Crippen LogP contribution in [0, 0.1) is 0 Å². The molecule has 138 valence electrons. The van der Waals surface area contributed by atoms with Crippen LogP contribution in [0.1, 0.15) is 37.3 Å². The number of carbonyl (C=O) groups excluding carboxylic acids is 1. The summed E-state index contributed by atoms with van der Waals surface area (Å²) in [5.41, 5.74) is 3.70. The topological polar surface area (TPSA) is 32.3 Å². The summed E-state index contributed by atoms with van der Waals surface area (Å²) in [7, 11) is 0. The van der Waals surface area contributed by atoms with Gasteiger partial charge in [0.25, 0.3) is 0 Å². The lowest BCUT2D eigenvalue weighted by Crippen LogP contribution is -2.31. The predicted octanol–water partition coefficient (Wildman–Crippen LogP) is 4.62. The van der Waals surface area contributed by atoms with Crippen molar-refractivity contribution < 1.29 is 4.79 Å². The second kappa shape index (κ2) is 9.67. The minimum atomic E-state index is -0.0529. The Morgan fingerprint density at radius 2 is 1.69 bits per heavy atom. The Morgan fingerprint density at radius 3 is 2.38 bits per heavy atom. The minimum absolute atomic E-state index is 0.0529. The number of amides is 1. The second-order valence-corrected chi connectivity index (χ2v) is 8.20. The molecule has 1 fully saturated rings. The predicted molar refractivity (Wildman–Crippen MR) is 112 cm³/mol. The maximum Gasteiger partial charge on any atom is 0.233 e. The van der Waals surface area contributed by atoms with Crippen LogP contribution < -0.4 is 10.2 Å². The molecule has 1 saturated heterocycles. The van der Waals surface area contributed by atoms with Crippen molar-refractivity contribution in [3.63, 3.8) is 0 Å². The van der Waals surface area contributed by atoms with E-state index < -0.39 is 0 Å². The molecular formula is C22H28N2OS. The van der Waals surface area contributed by atoms with E-state index in [0.29, 0.717) is 6.54 Å². The van der Waals surface area contributed by atoms with Gasteiger partial charge in [0, 0.05) is 31.1 Å². The van der Waals surface area contributed by atoms with Gasteiger partial charge in [-0.3, -0.25) is 4.79 Å². The first-order valence-corrected chi connectivity index (χ1v) is 10.5. The molecule has 0 bridgehead atoms. The lowest BCUT2D eigenvalue weighted by Gasteiger charge is -2.28. The maximum absolute atomic E-state index is 12.3. The first-order chi connectivity index (χ1) is 12.7. The van der Waals surface area contributed by atoms with Crippen molar-refractivity contribution in [3.05, 3.63) is 65.7 Å². The number of nitrogens with one attached hydrogen (secondary N) is 1. The molecular weight excluding hydrogens is 340 g/mol. The number of hydrogen-bond acceptors (Lipinski definition) is 3. The third-order valence-electron chi connectivity index (χ3n) is 4.84. The van der Waals surface area contributed by atoms with Gasteiger partial charge in [-0.15, -0.1) is 11.8 Å². The summed E-state index contributed by atoms with van der Waals surface area (Å²) in [5, 5.41) is 3.01. The van der Waals surface area contributed by atoms with Gasteiger partial charge in [0.05, 0.1) is 5.25 Å². The van der Waals surface area contributed by atoms with E-state index in [1.54, 1.807) is 11.8 Å². The van der Waals surface area contributed by atoms with Gasteiger partial charge in [0.15, 0.2) is 0 Å². The second-order valence-electron chi connectivity index (χ2n) is 6.87. The van der Waals surface area contributed by atoms with Crippen molar-refractivity contribution in [3.8, 4) is 0 Å². The van der Waals surface area contributed by atoms with Crippen LogP contribution in [0.5, 0.6) is 0 Å². The zero-order valence-corrected chi connectivity index (χ0v) is 16.3. The summed E-state index contributed by atoms with van der Waals surface area (Å²) in [6.07, 6.45) is 3.92. The monoisotopic (exact) mass is 368 g/mol. The van der Waals surface area contributed by atoms with Gasteiger partial charge in [-0.05, 0) is 49.4 Å². The van der Waals surface area contributed by atoms with Crippen LogP contribution in [0.15, 0.2) is 54.6 Å². The molecule has 1 amide bonds. The van der Waals surface area contributed by atoms with Crippen molar-refractivity contribution in [1.82, 2.24) is 5.32 Å². The molecule has 26 heavy (non-hydrogen) atoms. The van der Waals surface area contributed by atoms with Crippen molar-refractivity contribution in [1.29, 1.82) is 0 Å². The fourth-order valence-corrected chi connectivity index (χ4v) is 4.05. The molecule has 2 aromatic rings. The van der Waals surface area contributed by atoms with Crippen molar-refractivity contribution in [2.24, 2.45) is 0 Å². The molecule has 4 heteroatoms. The molecule has 1 aliphatic heterocycles. The smallest absolute Gasteiger partial charge is 0.233 e. The Balaban J connectivity index is 1.43. The Morgan fingerprint density at radius 1 is 1.00 bits per heavy atom. The van der Waals surface area contributed by atoms with E-state index in [1.165, 1.54) is 30.5 Å². The molecule has 1 atom stereocenters. The molecule has 0 aliphatic carbocycles. The average molecular weight is 369 g/mol. The number of thioether (sulfide) groups is 1. The van der Waals surface area contributed by atoms with Crippen LogP contribution in [-0.2, 0) is 17.1 Å². The number of hydrogen-bond donors (Lipinski definition) is 1. The van der Waals surface area contributed by atoms with Gasteiger partial charge < -0.3 is 10.2 Å². The summed E-state index contributed by atoms with van der Waals surface area (Å²) < 4.78 is 0. The minimum Gasteiger partial charge on any atom is -0.372 e. The van der Waals surface area contributed by atoms with Crippen LogP contribution in [0.4, 0.5) is 5.69 Å². The molecule has 1 aliphatic rings. The molecule has 1 N–H and O–H groups in total. The summed E-state index contributed by atoms with van der Waals surface area (Å²) in [5.74, 6) is 0.964. The van der Waals surface area contributed by atoms with Crippen molar-refractivity contribution >= 4 is 23.4 Å². The number of anilines is 1. The standard InChI is InChI=1S/C22H28N2OS/c1-18(26-17-20-8-4-2-5-9-20)22(25)23-16-19-10-12-21(13-11-19)24-14-6-3-7-15-24/h2,4-5,8-13,18H,3,6-7,14-17H2,1H3,(H,23,25). The zero-order valence-electron chi connectivity index (χ0n) is 15.5. The zero-order chi connectivity index (χ0) is 18.2. The van der Waals surface area contributed by atoms with Gasteiger partial charge in [0.2, 0.25) is 5.91 Å².